The molecule has 5 nitrogen and oxygen atoms in total. The molecule has 1 aromatic heterocycles. The zero-order valence-corrected chi connectivity index (χ0v) is 19.9. The van der Waals surface area contributed by atoms with Gasteiger partial charge in [0.1, 0.15) is 5.75 Å². The molecule has 35 heavy (non-hydrogen) atoms. The molecule has 0 radical (unpaired) electrons. The van der Waals surface area contributed by atoms with Crippen molar-refractivity contribution in [2.24, 2.45) is 0 Å². The molecule has 1 aliphatic heterocycles. The molecule has 4 aromatic carbocycles. The van der Waals surface area contributed by atoms with Gasteiger partial charge in [-0.3, -0.25) is 4.79 Å². The van der Waals surface area contributed by atoms with Crippen molar-refractivity contribution in [1.29, 1.82) is 0 Å². The van der Waals surface area contributed by atoms with Gasteiger partial charge in [0.25, 0.3) is 5.91 Å². The van der Waals surface area contributed by atoms with Crippen LogP contribution in [0.3, 0.4) is 0 Å². The van der Waals surface area contributed by atoms with Gasteiger partial charge in [-0.2, -0.15) is 0 Å². The summed E-state index contributed by atoms with van der Waals surface area (Å²) in [5.41, 5.74) is 12.9. The number of anilines is 2. The average molecular weight is 482 g/mol. The molecule has 6 rings (SSSR count). The van der Waals surface area contributed by atoms with E-state index < -0.39 is 0 Å². The third kappa shape index (κ3) is 3.43. The van der Waals surface area contributed by atoms with E-state index in [9.17, 15) is 9.90 Å². The van der Waals surface area contributed by atoms with Gasteiger partial charge < -0.3 is 20.7 Å². The van der Waals surface area contributed by atoms with Crippen molar-refractivity contribution >= 4 is 50.6 Å². The third-order valence-corrected chi connectivity index (χ3v) is 7.36. The van der Waals surface area contributed by atoms with E-state index >= 15 is 0 Å². The second-order valence-corrected chi connectivity index (χ2v) is 9.51. The van der Waals surface area contributed by atoms with Crippen LogP contribution in [0.2, 0.25) is 0 Å². The number of carbonyl (C=O) groups excluding carboxylic acids is 1. The number of nitrogens with two attached hydrogens (primary N) is 1. The van der Waals surface area contributed by atoms with Gasteiger partial charge in [0.05, 0.1) is 5.69 Å². The molecule has 2 heterocycles. The molecule has 0 saturated carbocycles. The maximum Gasteiger partial charge on any atom is 0.258 e. The van der Waals surface area contributed by atoms with Gasteiger partial charge >= 0.3 is 0 Å². The van der Waals surface area contributed by atoms with Crippen LogP contribution in [0.1, 0.15) is 27.4 Å². The number of phenolic OH excluding ortho intramolecular Hbond substituents is 1. The second-order valence-electron chi connectivity index (χ2n) is 9.20. The number of nitrogen functional groups attached to an aromatic ring is 1. The summed E-state index contributed by atoms with van der Waals surface area (Å²) >= 11 is 6.38. The Kier molecular flexibility index (Phi) is 4.97. The van der Waals surface area contributed by atoms with Gasteiger partial charge in [-0.05, 0) is 65.4 Å². The van der Waals surface area contributed by atoms with Crippen molar-refractivity contribution in [2.45, 2.75) is 12.8 Å². The Morgan fingerprint density at radius 3 is 2.69 bits per heavy atom. The molecule has 1 aliphatic rings. The minimum Gasteiger partial charge on any atom is -0.507 e. The molecule has 0 aliphatic carbocycles. The molecule has 4 N–H and O–H groups in total. The number of fused-ring (bicyclic) bond motifs is 4. The standard InChI is InChI=1S/C29H24ClN3O2/c1-16-3-2-4-22-26(34)13-25-28(27(16)22)20(14-30)15-33(25)29(35)18-7-10-23-19(11-18)12-24(32-23)17-5-8-21(31)9-6-17/h2-13,20,32,34H,14-15,31H2,1H3/t20-/m1/s1. The minimum absolute atomic E-state index is 0.00655. The van der Waals surface area contributed by atoms with Crippen molar-refractivity contribution in [1.82, 2.24) is 4.98 Å². The van der Waals surface area contributed by atoms with E-state index in [2.05, 4.69) is 4.98 Å². The number of aromatic nitrogens is 1. The summed E-state index contributed by atoms with van der Waals surface area (Å²) in [7, 11) is 0. The topological polar surface area (TPSA) is 82.3 Å². The molecule has 1 amide bonds. The van der Waals surface area contributed by atoms with Crippen LogP contribution >= 0.6 is 11.6 Å². The number of phenols is 1. The van der Waals surface area contributed by atoms with E-state index in [4.69, 9.17) is 17.3 Å². The number of hydrogen-bond donors (Lipinski definition) is 3. The lowest BCUT2D eigenvalue weighted by molar-refractivity contribution is 0.0988. The molecule has 1 atom stereocenters. The van der Waals surface area contributed by atoms with E-state index in [1.54, 1.807) is 11.0 Å². The smallest absolute Gasteiger partial charge is 0.258 e. The van der Waals surface area contributed by atoms with Crippen LogP contribution in [-0.4, -0.2) is 28.4 Å². The fourth-order valence-electron chi connectivity index (χ4n) is 5.26. The lowest BCUT2D eigenvalue weighted by Gasteiger charge is -2.19. The molecule has 0 spiro atoms. The molecule has 0 saturated heterocycles. The number of nitrogens with one attached hydrogen (secondary N) is 1. The number of carbonyl (C=O) groups is 1. The van der Waals surface area contributed by atoms with Crippen LogP contribution in [0.4, 0.5) is 11.4 Å². The van der Waals surface area contributed by atoms with Gasteiger partial charge in [0.2, 0.25) is 0 Å². The fourth-order valence-corrected chi connectivity index (χ4v) is 5.51. The highest BCUT2D eigenvalue weighted by atomic mass is 35.5. The number of aryl methyl sites for hydroxylation is 1. The first kappa shape index (κ1) is 21.6. The summed E-state index contributed by atoms with van der Waals surface area (Å²) in [6.45, 7) is 2.50. The highest BCUT2D eigenvalue weighted by Crippen LogP contribution is 2.46. The summed E-state index contributed by atoms with van der Waals surface area (Å²) in [6.07, 6.45) is 0. The minimum atomic E-state index is -0.108. The Morgan fingerprint density at radius 1 is 1.11 bits per heavy atom. The number of aromatic hydroxyl groups is 1. The number of aromatic amines is 1. The number of benzene rings is 4. The van der Waals surface area contributed by atoms with Crippen molar-refractivity contribution in [3.8, 4) is 17.0 Å². The monoisotopic (exact) mass is 481 g/mol. The first-order valence-corrected chi connectivity index (χ1v) is 12.1. The number of hydrogen-bond acceptors (Lipinski definition) is 3. The molecule has 0 unspecified atom stereocenters. The maximum atomic E-state index is 13.7. The second kappa shape index (κ2) is 8.07. The van der Waals surface area contributed by atoms with Crippen LogP contribution in [0.5, 0.6) is 5.75 Å². The Bertz CT molecular complexity index is 1620. The quantitative estimate of drug-likeness (QED) is 0.201. The zero-order chi connectivity index (χ0) is 24.3. The Labute approximate surface area is 207 Å². The molecule has 0 fully saturated rings. The highest BCUT2D eigenvalue weighted by Gasteiger charge is 2.35. The van der Waals surface area contributed by atoms with Gasteiger partial charge in [0, 0.05) is 57.6 Å². The lowest BCUT2D eigenvalue weighted by atomic mass is 9.92. The normalized spacial score (nSPS) is 15.1. The van der Waals surface area contributed by atoms with Crippen molar-refractivity contribution in [3.63, 3.8) is 0 Å². The number of halogens is 1. The number of rotatable bonds is 3. The van der Waals surface area contributed by atoms with Gasteiger partial charge in [-0.25, -0.2) is 0 Å². The van der Waals surface area contributed by atoms with Crippen LogP contribution in [-0.2, 0) is 0 Å². The van der Waals surface area contributed by atoms with Crippen molar-refractivity contribution < 1.29 is 9.90 Å². The van der Waals surface area contributed by atoms with E-state index in [1.165, 1.54) is 0 Å². The van der Waals surface area contributed by atoms with Gasteiger partial charge in [-0.1, -0.05) is 30.3 Å². The summed E-state index contributed by atoms with van der Waals surface area (Å²) in [5, 5.41) is 13.5. The van der Waals surface area contributed by atoms with Crippen LogP contribution < -0.4 is 10.6 Å². The number of alkyl halides is 1. The first-order valence-electron chi connectivity index (χ1n) is 11.6. The lowest BCUT2D eigenvalue weighted by Crippen LogP contribution is -2.30. The number of H-pyrrole nitrogens is 1. The third-order valence-electron chi connectivity index (χ3n) is 6.99. The summed E-state index contributed by atoms with van der Waals surface area (Å²) in [6, 6.07) is 23.0. The average Bonchev–Trinajstić information content (AvgIpc) is 3.45. The van der Waals surface area contributed by atoms with Crippen LogP contribution in [0.25, 0.3) is 32.9 Å². The maximum absolute atomic E-state index is 13.7. The first-order chi connectivity index (χ1) is 16.9. The number of nitrogens with zero attached hydrogens (tertiary/aromatic N) is 1. The highest BCUT2D eigenvalue weighted by molar-refractivity contribution is 6.19. The zero-order valence-electron chi connectivity index (χ0n) is 19.2. The van der Waals surface area contributed by atoms with E-state index in [0.29, 0.717) is 23.7 Å². The predicted molar refractivity (Wildman–Crippen MR) is 144 cm³/mol. The van der Waals surface area contributed by atoms with Gasteiger partial charge in [-0.15, -0.1) is 11.6 Å². The predicted octanol–water partition coefficient (Wildman–Crippen LogP) is 6.57. The van der Waals surface area contributed by atoms with Crippen LogP contribution in [0.15, 0.2) is 72.8 Å². The van der Waals surface area contributed by atoms with E-state index in [-0.39, 0.29) is 17.6 Å². The largest absolute Gasteiger partial charge is 0.507 e. The Morgan fingerprint density at radius 2 is 1.91 bits per heavy atom. The molecule has 5 aromatic rings. The Balaban J connectivity index is 1.42. The molecule has 6 heteroatoms. The molecular formula is C29H24ClN3O2. The van der Waals surface area contributed by atoms with Gasteiger partial charge in [0.15, 0.2) is 0 Å². The molecule has 174 valence electrons. The SMILES string of the molecule is Cc1cccc2c(O)cc3c(c12)[C@H](CCl)CN3C(=O)c1ccc2[nH]c(-c3ccc(N)cc3)cc2c1. The molecule has 0 bridgehead atoms. The van der Waals surface area contributed by atoms with Crippen molar-refractivity contribution in [2.75, 3.05) is 23.1 Å². The summed E-state index contributed by atoms with van der Waals surface area (Å²) in [5.74, 6) is 0.452. The van der Waals surface area contributed by atoms with Crippen molar-refractivity contribution in [3.05, 3.63) is 89.5 Å². The summed E-state index contributed by atoms with van der Waals surface area (Å²) in [4.78, 5) is 18.9. The molecular weight excluding hydrogens is 458 g/mol. The van der Waals surface area contributed by atoms with E-state index in [1.807, 2.05) is 73.7 Å². The number of amides is 1. The summed E-state index contributed by atoms with van der Waals surface area (Å²) < 4.78 is 0. The van der Waals surface area contributed by atoms with E-state index in [0.717, 1.165) is 49.7 Å². The fraction of sp³-hybridized carbons (Fsp3) is 0.138. The Hall–Kier alpha value is -3.96. The van der Waals surface area contributed by atoms with Crippen LogP contribution in [0, 0.1) is 6.92 Å².